The maximum Gasteiger partial charge on any atom is 0.0295 e. The van der Waals surface area contributed by atoms with Gasteiger partial charge in [0.25, 0.3) is 0 Å². The van der Waals surface area contributed by atoms with Crippen LogP contribution in [0.5, 0.6) is 0 Å². The molecule has 0 N–H and O–H groups in total. The molecular weight excluding hydrogens is 108 g/mol. The van der Waals surface area contributed by atoms with Crippen molar-refractivity contribution in [3.05, 3.63) is 18.4 Å². The summed E-state index contributed by atoms with van der Waals surface area (Å²) in [6.45, 7) is 7.68. The van der Waals surface area contributed by atoms with E-state index in [1.54, 1.807) is 6.08 Å². The average molecular weight is 120 g/mol. The Balaban J connectivity index is 3.50. The topological polar surface area (TPSA) is 0 Å². The minimum atomic E-state index is 0.663. The highest BCUT2D eigenvalue weighted by atomic mass is 13.9. The van der Waals surface area contributed by atoms with Crippen LogP contribution >= 0.6 is 0 Å². The zero-order valence-electron chi connectivity index (χ0n) is 6.07. The fourth-order valence-corrected chi connectivity index (χ4v) is 0.365. The van der Waals surface area contributed by atoms with Gasteiger partial charge in [-0.2, -0.15) is 0 Å². The second kappa shape index (κ2) is 5.22. The van der Waals surface area contributed by atoms with Gasteiger partial charge in [0.05, 0.1) is 0 Å². The predicted molar refractivity (Wildman–Crippen MR) is 40.9 cm³/mol. The fraction of sp³-hybridized carbons (Fsp3) is 0.444. The summed E-state index contributed by atoms with van der Waals surface area (Å²) >= 11 is 0. The van der Waals surface area contributed by atoms with Gasteiger partial charge < -0.3 is 0 Å². The molecule has 0 atom stereocenters. The molecule has 0 bridgehead atoms. The highest BCUT2D eigenvalue weighted by molar-refractivity contribution is 5.13. The van der Waals surface area contributed by atoms with Crippen molar-refractivity contribution >= 4 is 0 Å². The van der Waals surface area contributed by atoms with E-state index in [-0.39, 0.29) is 0 Å². The summed E-state index contributed by atoms with van der Waals surface area (Å²) < 4.78 is 0. The van der Waals surface area contributed by atoms with E-state index >= 15 is 0 Å². The minimum Gasteiger partial charge on any atom is -0.120 e. The molecule has 0 aromatic carbocycles. The van der Waals surface area contributed by atoms with Crippen LogP contribution in [-0.2, 0) is 0 Å². The third-order valence-electron chi connectivity index (χ3n) is 0.787. The molecule has 0 aromatic heterocycles. The number of hydrogen-bond acceptors (Lipinski definition) is 0. The van der Waals surface area contributed by atoms with Crippen molar-refractivity contribution in [3.8, 4) is 11.8 Å². The van der Waals surface area contributed by atoms with Gasteiger partial charge in [0, 0.05) is 12.5 Å². The molecule has 0 unspecified atom stereocenters. The summed E-state index contributed by atoms with van der Waals surface area (Å²) in [5.41, 5.74) is 2.59. The largest absolute Gasteiger partial charge is 0.120 e. The first-order chi connectivity index (χ1) is 4.27. The van der Waals surface area contributed by atoms with Crippen LogP contribution < -0.4 is 0 Å². The molecule has 0 heterocycles. The molecule has 9 heavy (non-hydrogen) atoms. The van der Waals surface area contributed by atoms with Gasteiger partial charge in [0.15, 0.2) is 0 Å². The summed E-state index contributed by atoms with van der Waals surface area (Å²) in [5.74, 6) is 6.46. The predicted octanol–water partition coefficient (Wildman–Crippen LogP) is 2.38. The molecule has 0 rings (SSSR count). The summed E-state index contributed by atoms with van der Waals surface area (Å²) in [6, 6.07) is 0. The van der Waals surface area contributed by atoms with Gasteiger partial charge in [0.1, 0.15) is 0 Å². The van der Waals surface area contributed by atoms with E-state index in [0.29, 0.717) is 5.92 Å². The van der Waals surface area contributed by atoms with E-state index in [1.165, 1.54) is 0 Å². The quantitative estimate of drug-likeness (QED) is 0.368. The summed E-state index contributed by atoms with van der Waals surface area (Å²) in [6.07, 6.45) is 2.60. The van der Waals surface area contributed by atoms with Crippen LogP contribution in [0.25, 0.3) is 0 Å². The summed E-state index contributed by atoms with van der Waals surface area (Å²) in [7, 11) is 0. The third-order valence-corrected chi connectivity index (χ3v) is 0.787. The van der Waals surface area contributed by atoms with Crippen LogP contribution in [0.4, 0.5) is 0 Å². The lowest BCUT2D eigenvalue weighted by molar-refractivity contribution is 0.676. The van der Waals surface area contributed by atoms with Crippen LogP contribution in [-0.4, -0.2) is 0 Å². The SMILES string of the molecule is C=C=CC#CCC(C)C. The van der Waals surface area contributed by atoms with Crippen LogP contribution in [0.15, 0.2) is 18.4 Å². The fourth-order valence-electron chi connectivity index (χ4n) is 0.365. The summed E-state index contributed by atoms with van der Waals surface area (Å²) in [5, 5.41) is 0. The maximum atomic E-state index is 3.39. The lowest BCUT2D eigenvalue weighted by Gasteiger charge is -1.91. The Bertz CT molecular complexity index is 158. The Kier molecular flexibility index (Phi) is 4.69. The molecule has 0 aromatic rings. The van der Waals surface area contributed by atoms with Gasteiger partial charge in [-0.3, -0.25) is 0 Å². The molecule has 0 saturated heterocycles. The normalized spacial score (nSPS) is 7.44. The Hall–Kier alpha value is -0.920. The molecule has 48 valence electrons. The first-order valence-corrected chi connectivity index (χ1v) is 3.10. The Morgan fingerprint density at radius 2 is 2.22 bits per heavy atom. The van der Waals surface area contributed by atoms with Crippen molar-refractivity contribution in [1.29, 1.82) is 0 Å². The van der Waals surface area contributed by atoms with E-state index in [2.05, 4.69) is 38.0 Å². The van der Waals surface area contributed by atoms with E-state index in [0.717, 1.165) is 6.42 Å². The first-order valence-electron chi connectivity index (χ1n) is 3.10. The minimum absolute atomic E-state index is 0.663. The molecule has 0 radical (unpaired) electrons. The molecule has 0 aliphatic heterocycles. The van der Waals surface area contributed by atoms with Crippen molar-refractivity contribution in [2.45, 2.75) is 20.3 Å². The molecule has 0 aliphatic carbocycles. The Morgan fingerprint density at radius 1 is 1.56 bits per heavy atom. The van der Waals surface area contributed by atoms with Crippen molar-refractivity contribution in [3.63, 3.8) is 0 Å². The van der Waals surface area contributed by atoms with Gasteiger partial charge in [-0.15, -0.1) is 5.73 Å². The standard InChI is InChI=1S/C9H12/c1-4-5-6-7-8-9(2)3/h5,9H,1,8H2,2-3H3. The molecular formula is C9H12. The van der Waals surface area contributed by atoms with Crippen molar-refractivity contribution in [2.24, 2.45) is 5.92 Å². The van der Waals surface area contributed by atoms with Crippen LogP contribution in [0.3, 0.4) is 0 Å². The molecule has 0 spiro atoms. The van der Waals surface area contributed by atoms with Crippen molar-refractivity contribution in [2.75, 3.05) is 0 Å². The Morgan fingerprint density at radius 3 is 2.67 bits per heavy atom. The van der Waals surface area contributed by atoms with Gasteiger partial charge >= 0.3 is 0 Å². The average Bonchev–Trinajstić information content (AvgIpc) is 1.80. The van der Waals surface area contributed by atoms with Crippen molar-refractivity contribution in [1.82, 2.24) is 0 Å². The smallest absolute Gasteiger partial charge is 0.0295 e. The lowest BCUT2D eigenvalue weighted by atomic mass is 10.1. The highest BCUT2D eigenvalue weighted by Crippen LogP contribution is 1.95. The number of rotatable bonds is 1. The highest BCUT2D eigenvalue weighted by Gasteiger charge is 1.84. The van der Waals surface area contributed by atoms with Crippen molar-refractivity contribution < 1.29 is 0 Å². The number of allylic oxidation sites excluding steroid dienone is 1. The molecule has 0 saturated carbocycles. The maximum absolute atomic E-state index is 3.39. The van der Waals surface area contributed by atoms with Gasteiger partial charge in [-0.05, 0) is 5.92 Å². The van der Waals surface area contributed by atoms with Crippen LogP contribution in [0, 0.1) is 17.8 Å². The van der Waals surface area contributed by atoms with Gasteiger partial charge in [0.2, 0.25) is 0 Å². The van der Waals surface area contributed by atoms with E-state index in [4.69, 9.17) is 0 Å². The molecule has 0 aliphatic rings. The molecule has 0 nitrogen and oxygen atoms in total. The number of hydrogen-bond donors (Lipinski definition) is 0. The zero-order valence-corrected chi connectivity index (χ0v) is 6.07. The molecule has 0 heteroatoms. The monoisotopic (exact) mass is 120 g/mol. The third kappa shape index (κ3) is 7.08. The molecule has 0 fully saturated rings. The zero-order chi connectivity index (χ0) is 7.11. The summed E-state index contributed by atoms with van der Waals surface area (Å²) in [4.78, 5) is 0. The first kappa shape index (κ1) is 8.08. The lowest BCUT2D eigenvalue weighted by Crippen LogP contribution is -1.80. The van der Waals surface area contributed by atoms with E-state index < -0.39 is 0 Å². The van der Waals surface area contributed by atoms with Crippen LogP contribution in [0.2, 0.25) is 0 Å². The van der Waals surface area contributed by atoms with E-state index in [9.17, 15) is 0 Å². The Labute approximate surface area is 57.3 Å². The van der Waals surface area contributed by atoms with E-state index in [1.807, 2.05) is 0 Å². The second-order valence-electron chi connectivity index (χ2n) is 2.27. The molecule has 0 amide bonds. The van der Waals surface area contributed by atoms with Gasteiger partial charge in [-0.25, -0.2) is 0 Å². The van der Waals surface area contributed by atoms with Crippen LogP contribution in [0.1, 0.15) is 20.3 Å². The van der Waals surface area contributed by atoms with Gasteiger partial charge in [-0.1, -0.05) is 32.3 Å². The second-order valence-corrected chi connectivity index (χ2v) is 2.27.